The Morgan fingerprint density at radius 3 is 2.65 bits per heavy atom. The number of aromatic nitrogens is 1. The van der Waals surface area contributed by atoms with Crippen LogP contribution in [0.1, 0.15) is 48.0 Å². The highest BCUT2D eigenvalue weighted by atomic mass is 35.5. The van der Waals surface area contributed by atoms with Gasteiger partial charge in [0.1, 0.15) is 0 Å². The number of piperidine rings is 1. The molecule has 1 aromatic carbocycles. The van der Waals surface area contributed by atoms with Crippen molar-refractivity contribution in [3.8, 4) is 0 Å². The molecule has 2 atom stereocenters. The van der Waals surface area contributed by atoms with Crippen molar-refractivity contribution in [2.45, 2.75) is 63.2 Å². The highest BCUT2D eigenvalue weighted by molar-refractivity contribution is 6.07. The van der Waals surface area contributed by atoms with Crippen LogP contribution in [0.25, 0.3) is 10.9 Å². The van der Waals surface area contributed by atoms with E-state index in [1.807, 2.05) is 11.9 Å². The van der Waals surface area contributed by atoms with Gasteiger partial charge in [0, 0.05) is 43.3 Å². The van der Waals surface area contributed by atoms with Gasteiger partial charge < -0.3 is 14.4 Å². The van der Waals surface area contributed by atoms with Crippen LogP contribution in [0.3, 0.4) is 0 Å². The van der Waals surface area contributed by atoms with Crippen molar-refractivity contribution in [1.82, 2.24) is 14.4 Å². The second kappa shape index (κ2) is 6.58. The number of hydrogen-bond acceptors (Lipinski definition) is 2. The highest BCUT2D eigenvalue weighted by Crippen LogP contribution is 2.37. The van der Waals surface area contributed by atoms with Crippen LogP contribution in [-0.2, 0) is 13.0 Å². The Morgan fingerprint density at radius 2 is 1.92 bits per heavy atom. The maximum atomic E-state index is 13.3. The molecule has 2 unspecified atom stereocenters. The fraction of sp³-hybridized carbons (Fsp3) is 0.571. The standard InChI is InChI=1S/C21H27N3O.ClH/c1-22-15-8-9-16(22)12-17(11-15)23(2)21(25)19-13-24-10-4-6-14-5-3-7-18(19)20(14)24;/h3,5,7,13,15-17H,4,6,8-12H2,1-2H3;1H. The Kier molecular flexibility index (Phi) is 4.52. The van der Waals surface area contributed by atoms with Crippen LogP contribution in [0, 0.1) is 0 Å². The fourth-order valence-electron chi connectivity index (χ4n) is 5.48. The molecule has 26 heavy (non-hydrogen) atoms. The predicted octanol–water partition coefficient (Wildman–Crippen LogP) is 3.71. The lowest BCUT2D eigenvalue weighted by atomic mass is 9.96. The van der Waals surface area contributed by atoms with E-state index >= 15 is 0 Å². The number of amides is 1. The summed E-state index contributed by atoms with van der Waals surface area (Å²) >= 11 is 0. The number of rotatable bonds is 2. The molecule has 0 spiro atoms. The van der Waals surface area contributed by atoms with Gasteiger partial charge in [-0.2, -0.15) is 0 Å². The van der Waals surface area contributed by atoms with Crippen LogP contribution in [0.15, 0.2) is 24.4 Å². The summed E-state index contributed by atoms with van der Waals surface area (Å²) in [5.74, 6) is 0.205. The van der Waals surface area contributed by atoms with Gasteiger partial charge in [-0.1, -0.05) is 18.2 Å². The predicted molar refractivity (Wildman–Crippen MR) is 107 cm³/mol. The lowest BCUT2D eigenvalue weighted by Gasteiger charge is -2.40. The zero-order valence-corrected chi connectivity index (χ0v) is 16.5. The number of hydrogen-bond donors (Lipinski definition) is 0. The molecule has 5 rings (SSSR count). The second-order valence-corrected chi connectivity index (χ2v) is 8.24. The smallest absolute Gasteiger partial charge is 0.256 e. The summed E-state index contributed by atoms with van der Waals surface area (Å²) in [6.07, 6.45) is 9.24. The topological polar surface area (TPSA) is 28.5 Å². The average Bonchev–Trinajstić information content (AvgIpc) is 3.08. The van der Waals surface area contributed by atoms with Crippen molar-refractivity contribution in [2.75, 3.05) is 14.1 Å². The molecule has 3 aliphatic heterocycles. The summed E-state index contributed by atoms with van der Waals surface area (Å²) in [6.45, 7) is 1.03. The molecule has 3 aliphatic rings. The number of fused-ring (bicyclic) bond motifs is 2. The molecule has 0 N–H and O–H groups in total. The molecule has 4 nitrogen and oxygen atoms in total. The van der Waals surface area contributed by atoms with Gasteiger partial charge in [-0.05, 0) is 51.1 Å². The van der Waals surface area contributed by atoms with E-state index in [0.29, 0.717) is 18.1 Å². The minimum Gasteiger partial charge on any atom is -0.346 e. The van der Waals surface area contributed by atoms with Crippen molar-refractivity contribution >= 4 is 29.2 Å². The molecule has 2 aromatic rings. The van der Waals surface area contributed by atoms with Crippen LogP contribution in [0.2, 0.25) is 0 Å². The van der Waals surface area contributed by atoms with E-state index in [2.05, 4.69) is 40.9 Å². The number of benzene rings is 1. The number of halogens is 1. The Morgan fingerprint density at radius 1 is 1.19 bits per heavy atom. The molecular weight excluding hydrogens is 346 g/mol. The third-order valence-corrected chi connectivity index (χ3v) is 7.00. The molecular formula is C21H28ClN3O. The molecule has 0 radical (unpaired) electrons. The molecule has 0 aliphatic carbocycles. The van der Waals surface area contributed by atoms with E-state index in [0.717, 1.165) is 36.8 Å². The lowest BCUT2D eigenvalue weighted by molar-refractivity contribution is 0.0564. The van der Waals surface area contributed by atoms with Crippen LogP contribution in [0.4, 0.5) is 0 Å². The van der Waals surface area contributed by atoms with Crippen molar-refractivity contribution < 1.29 is 4.79 Å². The number of para-hydroxylation sites is 1. The van der Waals surface area contributed by atoms with Gasteiger partial charge in [0.05, 0.1) is 11.1 Å². The Hall–Kier alpha value is -1.52. The Balaban J connectivity index is 0.00000168. The zero-order valence-electron chi connectivity index (χ0n) is 15.6. The molecule has 2 fully saturated rings. The molecule has 2 bridgehead atoms. The van der Waals surface area contributed by atoms with E-state index in [4.69, 9.17) is 0 Å². The molecule has 2 saturated heterocycles. The lowest BCUT2D eigenvalue weighted by Crippen LogP contribution is -2.49. The van der Waals surface area contributed by atoms with Gasteiger partial charge >= 0.3 is 0 Å². The molecule has 4 heterocycles. The monoisotopic (exact) mass is 373 g/mol. The Labute approximate surface area is 161 Å². The first-order valence-electron chi connectivity index (χ1n) is 9.73. The third-order valence-electron chi connectivity index (χ3n) is 7.00. The van der Waals surface area contributed by atoms with Gasteiger partial charge in [0.25, 0.3) is 5.91 Å². The SMILES string of the molecule is CN(C(=O)c1cn2c3c(cccc13)CCC2)C1CC2CCC(C1)N2C.Cl. The molecule has 0 saturated carbocycles. The summed E-state index contributed by atoms with van der Waals surface area (Å²) in [4.78, 5) is 17.9. The molecule has 1 amide bonds. The Bertz CT molecular complexity index is 831. The first kappa shape index (κ1) is 17.9. The van der Waals surface area contributed by atoms with E-state index in [-0.39, 0.29) is 18.3 Å². The fourth-order valence-corrected chi connectivity index (χ4v) is 5.48. The minimum absolute atomic E-state index is 0. The maximum absolute atomic E-state index is 13.3. The highest BCUT2D eigenvalue weighted by Gasteiger charge is 2.41. The summed E-state index contributed by atoms with van der Waals surface area (Å²) in [6, 6.07) is 8.15. The number of carbonyl (C=O) groups excluding carboxylic acids is 1. The van der Waals surface area contributed by atoms with Crippen LogP contribution < -0.4 is 0 Å². The van der Waals surface area contributed by atoms with Gasteiger partial charge in [-0.3, -0.25) is 4.79 Å². The van der Waals surface area contributed by atoms with E-state index in [1.54, 1.807) is 0 Å². The van der Waals surface area contributed by atoms with Crippen molar-refractivity contribution in [2.24, 2.45) is 0 Å². The van der Waals surface area contributed by atoms with Crippen LogP contribution >= 0.6 is 12.4 Å². The van der Waals surface area contributed by atoms with E-state index in [9.17, 15) is 4.79 Å². The van der Waals surface area contributed by atoms with Gasteiger partial charge in [-0.25, -0.2) is 0 Å². The normalized spacial score (nSPS) is 27.4. The van der Waals surface area contributed by atoms with E-state index < -0.39 is 0 Å². The van der Waals surface area contributed by atoms with Crippen LogP contribution in [-0.4, -0.2) is 52.5 Å². The largest absolute Gasteiger partial charge is 0.346 e. The van der Waals surface area contributed by atoms with Gasteiger partial charge in [0.15, 0.2) is 0 Å². The van der Waals surface area contributed by atoms with Gasteiger partial charge in [0.2, 0.25) is 0 Å². The minimum atomic E-state index is 0. The second-order valence-electron chi connectivity index (χ2n) is 8.24. The van der Waals surface area contributed by atoms with E-state index in [1.165, 1.54) is 30.3 Å². The first-order valence-corrected chi connectivity index (χ1v) is 9.73. The summed E-state index contributed by atoms with van der Waals surface area (Å²) in [5, 5.41) is 1.14. The van der Waals surface area contributed by atoms with Crippen molar-refractivity contribution in [3.63, 3.8) is 0 Å². The van der Waals surface area contributed by atoms with Crippen molar-refractivity contribution in [3.05, 3.63) is 35.5 Å². The van der Waals surface area contributed by atoms with Crippen molar-refractivity contribution in [1.29, 1.82) is 0 Å². The number of carbonyl (C=O) groups is 1. The summed E-state index contributed by atoms with van der Waals surface area (Å²) in [5.41, 5.74) is 3.57. The molecule has 1 aromatic heterocycles. The third kappa shape index (κ3) is 2.57. The molecule has 140 valence electrons. The number of aryl methyl sites for hydroxylation is 2. The molecule has 5 heteroatoms. The van der Waals surface area contributed by atoms with Crippen LogP contribution in [0.5, 0.6) is 0 Å². The maximum Gasteiger partial charge on any atom is 0.256 e. The average molecular weight is 374 g/mol. The summed E-state index contributed by atoms with van der Waals surface area (Å²) < 4.78 is 2.30. The zero-order chi connectivity index (χ0) is 17.1. The first-order chi connectivity index (χ1) is 12.1. The van der Waals surface area contributed by atoms with Gasteiger partial charge in [-0.15, -0.1) is 12.4 Å². The number of nitrogens with zero attached hydrogens (tertiary/aromatic N) is 3. The quantitative estimate of drug-likeness (QED) is 0.802. The summed E-state index contributed by atoms with van der Waals surface area (Å²) in [7, 11) is 4.27.